The van der Waals surface area contributed by atoms with Crippen LogP contribution in [-0.4, -0.2) is 75.9 Å². The van der Waals surface area contributed by atoms with E-state index in [0.717, 1.165) is 34.8 Å². The summed E-state index contributed by atoms with van der Waals surface area (Å²) in [4.78, 5) is 23.2. The topological polar surface area (TPSA) is 34.1 Å². The molecule has 34 heavy (non-hydrogen) atoms. The minimum Gasteiger partial charge on any atom is -0.282 e. The summed E-state index contributed by atoms with van der Waals surface area (Å²) in [5.41, 5.74) is 0. The first-order valence-corrected chi connectivity index (χ1v) is 20.2. The summed E-state index contributed by atoms with van der Waals surface area (Å²) in [6, 6.07) is 0. The fourth-order valence-electron chi connectivity index (χ4n) is 4.84. The average molecular weight is 613 g/mol. The second-order valence-electron chi connectivity index (χ2n) is 8.68. The molecule has 2 heterocycles. The Hall–Kier alpha value is 1.62. The van der Waals surface area contributed by atoms with Crippen LogP contribution >= 0.6 is 94.1 Å². The molecule has 0 amide bonds. The predicted molar refractivity (Wildman–Crippen MR) is 171 cm³/mol. The molecule has 0 aromatic carbocycles. The molecule has 0 bridgehead atoms. The van der Waals surface area contributed by atoms with E-state index in [-0.39, 0.29) is 10.2 Å². The first-order chi connectivity index (χ1) is 16.5. The van der Waals surface area contributed by atoms with Crippen molar-refractivity contribution in [1.29, 1.82) is 0 Å². The van der Waals surface area contributed by atoms with E-state index in [0.29, 0.717) is 30.2 Å². The first kappa shape index (κ1) is 30.2. The Morgan fingerprint density at radius 3 is 1.68 bits per heavy atom. The number of hydrogen-bond acceptors (Lipinski definition) is 10. The van der Waals surface area contributed by atoms with Gasteiger partial charge in [0.15, 0.2) is 0 Å². The van der Waals surface area contributed by atoms with Crippen LogP contribution in [0.4, 0.5) is 0 Å². The van der Waals surface area contributed by atoms with Gasteiger partial charge < -0.3 is 0 Å². The zero-order valence-corrected chi connectivity index (χ0v) is 26.5. The van der Waals surface area contributed by atoms with Crippen LogP contribution in [-0.2, 0) is 9.59 Å². The first-order valence-electron chi connectivity index (χ1n) is 11.7. The molecule has 0 N–H and O–H groups in total. The summed E-state index contributed by atoms with van der Waals surface area (Å²) in [5, 5.41) is 2.75. The highest BCUT2D eigenvalue weighted by Crippen LogP contribution is 2.52. The highest BCUT2D eigenvalue weighted by Gasteiger charge is 2.42. The van der Waals surface area contributed by atoms with E-state index in [1.165, 1.54) is 61.4 Å². The highest BCUT2D eigenvalue weighted by molar-refractivity contribution is 8.23. The summed E-state index contributed by atoms with van der Waals surface area (Å²) in [7, 11) is 0. The Morgan fingerprint density at radius 2 is 1.29 bits per heavy atom. The maximum absolute atomic E-state index is 11.6. The predicted octanol–water partition coefficient (Wildman–Crippen LogP) is 7.50. The number of thioether (sulfide) groups is 8. The Labute approximate surface area is 240 Å². The van der Waals surface area contributed by atoms with Crippen LogP contribution < -0.4 is 0 Å². The van der Waals surface area contributed by atoms with Gasteiger partial charge in [-0.05, 0) is 55.8 Å². The van der Waals surface area contributed by atoms with Crippen molar-refractivity contribution >= 4 is 104 Å². The molecule has 8 unspecified atom stereocenters. The summed E-state index contributed by atoms with van der Waals surface area (Å²) in [5.74, 6) is 5.74. The van der Waals surface area contributed by atoms with Crippen molar-refractivity contribution < 1.29 is 9.59 Å². The molecule has 0 spiro atoms. The van der Waals surface area contributed by atoms with Crippen molar-refractivity contribution in [3.63, 3.8) is 0 Å². The Bertz CT molecular complexity index is 648. The van der Waals surface area contributed by atoms with Gasteiger partial charge in [0.05, 0.1) is 9.16 Å². The van der Waals surface area contributed by atoms with Crippen LogP contribution in [0.5, 0.6) is 0 Å². The van der Waals surface area contributed by atoms with Crippen molar-refractivity contribution in [2.24, 2.45) is 11.8 Å². The summed E-state index contributed by atoms with van der Waals surface area (Å²) >= 11 is 15.5. The van der Waals surface area contributed by atoms with E-state index in [4.69, 9.17) is 0 Å². The molecular weight excluding hydrogens is 577 g/mol. The molecule has 3 fully saturated rings. The van der Waals surface area contributed by atoms with Crippen LogP contribution in [0.25, 0.3) is 0 Å². The van der Waals surface area contributed by atoms with Gasteiger partial charge in [-0.15, -0.1) is 47.0 Å². The van der Waals surface area contributed by atoms with Gasteiger partial charge in [0.2, 0.25) is 10.2 Å². The molecule has 2 aliphatic heterocycles. The summed E-state index contributed by atoms with van der Waals surface area (Å²) in [6.07, 6.45) is 12.9. The molecule has 10 heteroatoms. The molecular formula is C24H36O2S8. The van der Waals surface area contributed by atoms with Crippen molar-refractivity contribution in [2.75, 3.05) is 35.5 Å². The minimum absolute atomic E-state index is 0.101. The lowest BCUT2D eigenvalue weighted by Crippen LogP contribution is -2.35. The van der Waals surface area contributed by atoms with Gasteiger partial charge in [0.1, 0.15) is 0 Å². The van der Waals surface area contributed by atoms with E-state index in [1.54, 1.807) is 0 Å². The second-order valence-corrected chi connectivity index (χ2v) is 18.6. The number of rotatable bonds is 12. The average Bonchev–Trinajstić information content (AvgIpc) is 3.52. The normalized spacial score (nSPS) is 33.4. The third-order valence-electron chi connectivity index (χ3n) is 6.47. The molecule has 8 atom stereocenters. The van der Waals surface area contributed by atoms with Gasteiger partial charge in [-0.25, -0.2) is 0 Å². The van der Waals surface area contributed by atoms with Crippen molar-refractivity contribution in [3.8, 4) is 0 Å². The molecule has 0 aromatic rings. The zero-order valence-electron chi connectivity index (χ0n) is 19.9. The standard InChI is InChI=1S/C24H36O2S8/c1-5-19(25)29-11-17-13-31-23(33-17)21(27-3)15-8-7-9-16(10-15)22(28-4)24-32-14-18(34-24)12-30-20(26)6-2/h5-6,15-18,21-24H,1-2,7-14H2,3-4H3. The van der Waals surface area contributed by atoms with E-state index >= 15 is 0 Å². The van der Waals surface area contributed by atoms with Gasteiger partial charge in [-0.1, -0.05) is 43.1 Å². The van der Waals surface area contributed by atoms with Gasteiger partial charge >= 0.3 is 0 Å². The SMILES string of the molecule is C=CC(=O)SCC1CSC(C(SC)C2CCCC(C(SC)C3SCC(CSC(=O)C=C)S3)C2)S1. The Morgan fingerprint density at radius 1 is 0.853 bits per heavy atom. The van der Waals surface area contributed by atoms with Crippen LogP contribution in [0.1, 0.15) is 25.7 Å². The molecule has 3 aliphatic rings. The van der Waals surface area contributed by atoms with E-state index < -0.39 is 0 Å². The van der Waals surface area contributed by atoms with Crippen LogP contribution in [0.2, 0.25) is 0 Å². The lowest BCUT2D eigenvalue weighted by atomic mass is 9.78. The minimum atomic E-state index is 0.101. The van der Waals surface area contributed by atoms with Gasteiger partial charge in [0, 0.05) is 44.0 Å². The molecule has 2 nitrogen and oxygen atoms in total. The van der Waals surface area contributed by atoms with Crippen LogP contribution in [0.3, 0.4) is 0 Å². The summed E-state index contributed by atoms with van der Waals surface area (Å²) < 4.78 is 1.30. The fraction of sp³-hybridized carbons (Fsp3) is 0.750. The third-order valence-corrected chi connectivity index (χ3v) is 18.9. The largest absolute Gasteiger partial charge is 0.282 e. The number of carbonyl (C=O) groups excluding carboxylic acids is 2. The molecule has 1 saturated carbocycles. The van der Waals surface area contributed by atoms with Gasteiger partial charge in [-0.3, -0.25) is 9.59 Å². The maximum atomic E-state index is 11.6. The Kier molecular flexibility index (Phi) is 14.1. The summed E-state index contributed by atoms with van der Waals surface area (Å²) in [6.45, 7) is 7.19. The molecule has 192 valence electrons. The van der Waals surface area contributed by atoms with Crippen molar-refractivity contribution in [1.82, 2.24) is 0 Å². The molecule has 0 radical (unpaired) electrons. The maximum Gasteiger partial charge on any atom is 0.211 e. The smallest absolute Gasteiger partial charge is 0.211 e. The highest BCUT2D eigenvalue weighted by atomic mass is 32.2. The zero-order chi connectivity index (χ0) is 24.5. The van der Waals surface area contributed by atoms with Gasteiger partial charge in [0.25, 0.3) is 0 Å². The monoisotopic (exact) mass is 612 g/mol. The molecule has 0 aromatic heterocycles. The lowest BCUT2D eigenvalue weighted by Gasteiger charge is -2.40. The second kappa shape index (κ2) is 15.9. The third kappa shape index (κ3) is 8.84. The lowest BCUT2D eigenvalue weighted by molar-refractivity contribution is -0.107. The van der Waals surface area contributed by atoms with Crippen molar-refractivity contribution in [2.45, 2.75) is 55.8 Å². The van der Waals surface area contributed by atoms with Crippen LogP contribution in [0, 0.1) is 11.8 Å². The van der Waals surface area contributed by atoms with Crippen molar-refractivity contribution in [3.05, 3.63) is 25.3 Å². The van der Waals surface area contributed by atoms with Gasteiger partial charge in [-0.2, -0.15) is 23.5 Å². The number of hydrogen-bond donors (Lipinski definition) is 0. The fourth-order valence-corrected chi connectivity index (χ4v) is 17.8. The molecule has 3 rings (SSSR count). The number of carbonyl (C=O) groups is 2. The Balaban J connectivity index is 1.52. The van der Waals surface area contributed by atoms with E-state index in [1.807, 2.05) is 0 Å². The quantitative estimate of drug-likeness (QED) is 0.207. The van der Waals surface area contributed by atoms with Crippen LogP contribution in [0.15, 0.2) is 25.3 Å². The molecule has 2 saturated heterocycles. The van der Waals surface area contributed by atoms with E-state index in [2.05, 4.69) is 96.2 Å². The molecule has 1 aliphatic carbocycles. The van der Waals surface area contributed by atoms with E-state index in [9.17, 15) is 9.59 Å².